The molecule has 140 valence electrons. The third-order valence-corrected chi connectivity index (χ3v) is 5.18. The minimum absolute atomic E-state index is 0.110. The molecular weight excluding hydrogens is 352 g/mol. The Kier molecular flexibility index (Phi) is 6.29. The highest BCUT2D eigenvalue weighted by atomic mass is 35.5. The van der Waals surface area contributed by atoms with Crippen molar-refractivity contribution in [3.05, 3.63) is 47.2 Å². The van der Waals surface area contributed by atoms with Crippen LogP contribution in [0.15, 0.2) is 36.7 Å². The first-order chi connectivity index (χ1) is 12.5. The van der Waals surface area contributed by atoms with Gasteiger partial charge in [0.1, 0.15) is 0 Å². The summed E-state index contributed by atoms with van der Waals surface area (Å²) in [7, 11) is 1.91. The molecule has 3 rings (SSSR count). The highest BCUT2D eigenvalue weighted by Gasteiger charge is 2.22. The number of aliphatic carboxylic acids is 1. The fraction of sp³-hybridized carbons (Fsp3) is 0.474. The molecular formula is C19H25ClN4O2. The average Bonchev–Trinajstić information content (AvgIpc) is 2.93. The number of halogens is 1. The number of nitrogens with zero attached hydrogens (tertiary/aromatic N) is 4. The van der Waals surface area contributed by atoms with Gasteiger partial charge in [-0.2, -0.15) is 5.10 Å². The zero-order valence-electron chi connectivity index (χ0n) is 15.0. The molecule has 0 radical (unpaired) electrons. The molecule has 0 spiro atoms. The lowest BCUT2D eigenvalue weighted by Crippen LogP contribution is -2.36. The average molecular weight is 377 g/mol. The van der Waals surface area contributed by atoms with E-state index in [1.165, 1.54) is 5.56 Å². The second-order valence-corrected chi connectivity index (χ2v) is 7.38. The largest absolute Gasteiger partial charge is 0.480 e. The van der Waals surface area contributed by atoms with Crippen LogP contribution in [0.4, 0.5) is 0 Å². The SMILES string of the molecule is CN(CC(=O)O)C1CCCN(Cc2cnn(-c3ccc(Cl)cc3)c2)CC1. The minimum Gasteiger partial charge on any atom is -0.480 e. The summed E-state index contributed by atoms with van der Waals surface area (Å²) >= 11 is 5.94. The maximum atomic E-state index is 10.9. The van der Waals surface area contributed by atoms with Crippen LogP contribution in [-0.2, 0) is 11.3 Å². The number of hydrogen-bond donors (Lipinski definition) is 1. The van der Waals surface area contributed by atoms with Gasteiger partial charge in [-0.05, 0) is 63.7 Å². The van der Waals surface area contributed by atoms with Crippen LogP contribution < -0.4 is 0 Å². The number of likely N-dealkylation sites (tertiary alicyclic amines) is 1. The molecule has 1 saturated heterocycles. The number of aromatic nitrogens is 2. The Morgan fingerprint density at radius 3 is 2.81 bits per heavy atom. The van der Waals surface area contributed by atoms with Gasteiger partial charge in [-0.15, -0.1) is 0 Å². The van der Waals surface area contributed by atoms with Crippen molar-refractivity contribution in [3.8, 4) is 5.69 Å². The number of carbonyl (C=O) groups is 1. The number of likely N-dealkylation sites (N-methyl/N-ethyl adjacent to an activating group) is 1. The smallest absolute Gasteiger partial charge is 0.317 e. The van der Waals surface area contributed by atoms with Crippen molar-refractivity contribution in [2.75, 3.05) is 26.7 Å². The van der Waals surface area contributed by atoms with Crippen molar-refractivity contribution in [3.63, 3.8) is 0 Å². The summed E-state index contributed by atoms with van der Waals surface area (Å²) in [6, 6.07) is 7.97. The lowest BCUT2D eigenvalue weighted by Gasteiger charge is -2.25. The van der Waals surface area contributed by atoms with Gasteiger partial charge >= 0.3 is 5.97 Å². The summed E-state index contributed by atoms with van der Waals surface area (Å²) < 4.78 is 1.87. The number of hydrogen-bond acceptors (Lipinski definition) is 4. The third-order valence-electron chi connectivity index (χ3n) is 4.93. The van der Waals surface area contributed by atoms with Crippen molar-refractivity contribution < 1.29 is 9.90 Å². The fourth-order valence-electron chi connectivity index (χ4n) is 3.51. The van der Waals surface area contributed by atoms with Crippen LogP contribution in [0.25, 0.3) is 5.69 Å². The van der Waals surface area contributed by atoms with Gasteiger partial charge in [0.2, 0.25) is 0 Å². The summed E-state index contributed by atoms with van der Waals surface area (Å²) in [5, 5.41) is 14.1. The van der Waals surface area contributed by atoms with Crippen LogP contribution in [-0.4, -0.2) is 63.4 Å². The molecule has 0 amide bonds. The Balaban J connectivity index is 1.56. The van der Waals surface area contributed by atoms with E-state index in [9.17, 15) is 4.79 Å². The van der Waals surface area contributed by atoms with E-state index in [0.717, 1.165) is 44.6 Å². The molecule has 1 aliphatic rings. The van der Waals surface area contributed by atoms with Crippen molar-refractivity contribution >= 4 is 17.6 Å². The third kappa shape index (κ3) is 5.06. The first kappa shape index (κ1) is 18.9. The molecule has 0 aliphatic carbocycles. The summed E-state index contributed by atoms with van der Waals surface area (Å²) in [4.78, 5) is 15.3. The number of benzene rings is 1. The predicted molar refractivity (Wildman–Crippen MR) is 102 cm³/mol. The summed E-state index contributed by atoms with van der Waals surface area (Å²) in [6.45, 7) is 2.98. The van der Waals surface area contributed by atoms with Gasteiger partial charge in [0.25, 0.3) is 0 Å². The summed E-state index contributed by atoms with van der Waals surface area (Å²) in [5.41, 5.74) is 2.17. The zero-order chi connectivity index (χ0) is 18.5. The highest BCUT2D eigenvalue weighted by Crippen LogP contribution is 2.18. The topological polar surface area (TPSA) is 61.6 Å². The molecule has 0 bridgehead atoms. The molecule has 1 aromatic carbocycles. The molecule has 26 heavy (non-hydrogen) atoms. The molecule has 1 fully saturated rings. The number of rotatable bonds is 6. The van der Waals surface area contributed by atoms with Crippen molar-refractivity contribution in [1.82, 2.24) is 19.6 Å². The van der Waals surface area contributed by atoms with E-state index in [0.29, 0.717) is 11.1 Å². The number of carboxylic acids is 1. The molecule has 1 unspecified atom stereocenters. The molecule has 1 atom stereocenters. The normalized spacial score (nSPS) is 18.8. The van der Waals surface area contributed by atoms with Crippen LogP contribution in [0.2, 0.25) is 5.02 Å². The van der Waals surface area contributed by atoms with E-state index in [1.54, 1.807) is 0 Å². The van der Waals surface area contributed by atoms with Gasteiger partial charge in [0, 0.05) is 29.4 Å². The van der Waals surface area contributed by atoms with E-state index in [4.69, 9.17) is 16.7 Å². The second kappa shape index (κ2) is 8.66. The van der Waals surface area contributed by atoms with E-state index < -0.39 is 5.97 Å². The summed E-state index contributed by atoms with van der Waals surface area (Å²) in [5.74, 6) is -0.761. The van der Waals surface area contributed by atoms with Gasteiger partial charge in [-0.3, -0.25) is 14.6 Å². The Morgan fingerprint density at radius 1 is 1.31 bits per heavy atom. The van der Waals surface area contributed by atoms with Crippen LogP contribution in [0.1, 0.15) is 24.8 Å². The van der Waals surface area contributed by atoms with Gasteiger partial charge in [-0.1, -0.05) is 11.6 Å². The van der Waals surface area contributed by atoms with E-state index in [1.807, 2.05) is 47.1 Å². The molecule has 1 N–H and O–H groups in total. The van der Waals surface area contributed by atoms with Gasteiger partial charge in [-0.25, -0.2) is 4.68 Å². The van der Waals surface area contributed by atoms with Gasteiger partial charge < -0.3 is 5.11 Å². The first-order valence-corrected chi connectivity index (χ1v) is 9.33. The number of carboxylic acid groups (broad SMARTS) is 1. The van der Waals surface area contributed by atoms with E-state index >= 15 is 0 Å². The van der Waals surface area contributed by atoms with Crippen molar-refractivity contribution in [1.29, 1.82) is 0 Å². The minimum atomic E-state index is -0.761. The molecule has 6 nitrogen and oxygen atoms in total. The highest BCUT2D eigenvalue weighted by molar-refractivity contribution is 6.30. The van der Waals surface area contributed by atoms with Crippen LogP contribution in [0.3, 0.4) is 0 Å². The molecule has 7 heteroatoms. The molecule has 1 aromatic heterocycles. The molecule has 0 saturated carbocycles. The second-order valence-electron chi connectivity index (χ2n) is 6.94. The van der Waals surface area contributed by atoms with Gasteiger partial charge in [0.15, 0.2) is 0 Å². The predicted octanol–water partition coefficient (Wildman–Crippen LogP) is 2.90. The van der Waals surface area contributed by atoms with Crippen molar-refractivity contribution in [2.24, 2.45) is 0 Å². The fourth-order valence-corrected chi connectivity index (χ4v) is 3.64. The van der Waals surface area contributed by atoms with Crippen LogP contribution >= 0.6 is 11.6 Å². The maximum Gasteiger partial charge on any atom is 0.317 e. The Hall–Kier alpha value is -1.89. The Morgan fingerprint density at radius 2 is 2.08 bits per heavy atom. The zero-order valence-corrected chi connectivity index (χ0v) is 15.8. The van der Waals surface area contributed by atoms with Crippen LogP contribution in [0, 0.1) is 0 Å². The van der Waals surface area contributed by atoms with Crippen molar-refractivity contribution in [2.45, 2.75) is 31.8 Å². The standard InChI is InChI=1S/C19H25ClN4O2/c1-22(14-19(25)26)17-3-2-9-23(10-8-17)12-15-11-21-24(13-15)18-6-4-16(20)5-7-18/h4-7,11,13,17H,2-3,8-10,12,14H2,1H3,(H,25,26). The lowest BCUT2D eigenvalue weighted by molar-refractivity contribution is -0.138. The first-order valence-electron chi connectivity index (χ1n) is 8.95. The maximum absolute atomic E-state index is 10.9. The quantitative estimate of drug-likeness (QED) is 0.839. The lowest BCUT2D eigenvalue weighted by atomic mass is 10.1. The van der Waals surface area contributed by atoms with Gasteiger partial charge in [0.05, 0.1) is 18.4 Å². The van der Waals surface area contributed by atoms with E-state index in [-0.39, 0.29) is 6.54 Å². The Bertz CT molecular complexity index is 731. The Labute approximate surface area is 159 Å². The monoisotopic (exact) mass is 376 g/mol. The molecule has 2 aromatic rings. The molecule has 1 aliphatic heterocycles. The summed E-state index contributed by atoms with van der Waals surface area (Å²) in [6.07, 6.45) is 7.09. The van der Waals surface area contributed by atoms with E-state index in [2.05, 4.69) is 16.2 Å². The van der Waals surface area contributed by atoms with Crippen LogP contribution in [0.5, 0.6) is 0 Å². The molecule has 2 heterocycles.